The number of hydrogen-bond acceptors (Lipinski definition) is 4. The van der Waals surface area contributed by atoms with Crippen molar-refractivity contribution >= 4 is 11.3 Å². The van der Waals surface area contributed by atoms with E-state index in [1.165, 1.54) is 10.4 Å². The first-order valence-electron chi connectivity index (χ1n) is 8.71. The molecule has 3 aromatic rings. The van der Waals surface area contributed by atoms with Crippen molar-refractivity contribution in [2.24, 2.45) is 0 Å². The van der Waals surface area contributed by atoms with E-state index in [1.807, 2.05) is 47.7 Å². The number of ether oxygens (including phenoxy) is 1. The second-order valence-corrected chi connectivity index (χ2v) is 7.17. The molecule has 3 nitrogen and oxygen atoms in total. The quantitative estimate of drug-likeness (QED) is 0.731. The molecule has 2 aromatic carbocycles. The number of piperazine rings is 1. The van der Waals surface area contributed by atoms with Gasteiger partial charge in [0.25, 0.3) is 0 Å². The van der Waals surface area contributed by atoms with Crippen LogP contribution in [-0.2, 0) is 0 Å². The zero-order valence-electron chi connectivity index (χ0n) is 14.1. The smallest absolute Gasteiger partial charge is 0.127 e. The molecular weight excluding hydrogens is 328 g/mol. The average molecular weight is 350 g/mol. The van der Waals surface area contributed by atoms with Crippen molar-refractivity contribution < 1.29 is 4.74 Å². The number of nitrogens with zero attached hydrogens (tertiary/aromatic N) is 1. The molecule has 25 heavy (non-hydrogen) atoms. The van der Waals surface area contributed by atoms with E-state index in [0.717, 1.165) is 37.7 Å². The van der Waals surface area contributed by atoms with E-state index in [4.69, 9.17) is 4.74 Å². The number of rotatable bonds is 5. The first kappa shape index (κ1) is 16.3. The summed E-state index contributed by atoms with van der Waals surface area (Å²) < 4.78 is 6.05. The molecule has 1 saturated heterocycles. The maximum absolute atomic E-state index is 6.05. The van der Waals surface area contributed by atoms with Gasteiger partial charge in [-0.05, 0) is 41.3 Å². The SMILES string of the molecule is c1ccc(Oc2cccc([C@H](c3cccs3)N3CCNCC3)c2)cc1. The van der Waals surface area contributed by atoms with E-state index in [9.17, 15) is 0 Å². The van der Waals surface area contributed by atoms with Gasteiger partial charge in [0.05, 0.1) is 6.04 Å². The van der Waals surface area contributed by atoms with Crippen LogP contribution in [0, 0.1) is 0 Å². The lowest BCUT2D eigenvalue weighted by Crippen LogP contribution is -2.45. The molecule has 0 unspecified atom stereocenters. The second-order valence-electron chi connectivity index (χ2n) is 6.19. The van der Waals surface area contributed by atoms with Gasteiger partial charge in [0.1, 0.15) is 11.5 Å². The highest BCUT2D eigenvalue weighted by atomic mass is 32.1. The van der Waals surface area contributed by atoms with Crippen molar-refractivity contribution in [3.8, 4) is 11.5 Å². The molecule has 0 amide bonds. The summed E-state index contributed by atoms with van der Waals surface area (Å²) >= 11 is 1.83. The summed E-state index contributed by atoms with van der Waals surface area (Å²) in [5, 5.41) is 5.61. The lowest BCUT2D eigenvalue weighted by atomic mass is 10.0. The van der Waals surface area contributed by atoms with Gasteiger partial charge in [0.15, 0.2) is 0 Å². The van der Waals surface area contributed by atoms with Crippen LogP contribution < -0.4 is 10.1 Å². The Morgan fingerprint density at radius 1 is 0.880 bits per heavy atom. The maximum Gasteiger partial charge on any atom is 0.127 e. The van der Waals surface area contributed by atoms with Gasteiger partial charge >= 0.3 is 0 Å². The van der Waals surface area contributed by atoms with Crippen LogP contribution in [0.15, 0.2) is 72.1 Å². The molecule has 0 radical (unpaired) electrons. The van der Waals surface area contributed by atoms with Gasteiger partial charge < -0.3 is 10.1 Å². The Kier molecular flexibility index (Phi) is 5.11. The van der Waals surface area contributed by atoms with E-state index in [2.05, 4.69) is 45.9 Å². The van der Waals surface area contributed by atoms with Crippen molar-refractivity contribution in [3.05, 3.63) is 82.6 Å². The highest BCUT2D eigenvalue weighted by molar-refractivity contribution is 7.10. The number of nitrogens with one attached hydrogen (secondary N) is 1. The van der Waals surface area contributed by atoms with Crippen molar-refractivity contribution in [1.29, 1.82) is 0 Å². The molecular formula is C21H22N2OS. The molecule has 0 aliphatic carbocycles. The number of benzene rings is 2. The zero-order valence-corrected chi connectivity index (χ0v) is 14.9. The Balaban J connectivity index is 1.64. The van der Waals surface area contributed by atoms with Crippen LogP contribution in [0.2, 0.25) is 0 Å². The minimum Gasteiger partial charge on any atom is -0.457 e. The third-order valence-corrected chi connectivity index (χ3v) is 5.41. The zero-order chi connectivity index (χ0) is 16.9. The third-order valence-electron chi connectivity index (χ3n) is 4.48. The van der Waals surface area contributed by atoms with Gasteiger partial charge in [-0.1, -0.05) is 36.4 Å². The summed E-state index contributed by atoms with van der Waals surface area (Å²) in [5.74, 6) is 1.76. The van der Waals surface area contributed by atoms with E-state index in [0.29, 0.717) is 6.04 Å². The number of para-hydroxylation sites is 1. The van der Waals surface area contributed by atoms with Gasteiger partial charge in [-0.25, -0.2) is 0 Å². The molecule has 0 spiro atoms. The molecule has 0 bridgehead atoms. The van der Waals surface area contributed by atoms with Gasteiger partial charge in [-0.15, -0.1) is 11.3 Å². The molecule has 0 saturated carbocycles. The third kappa shape index (κ3) is 3.93. The molecule has 1 N–H and O–H groups in total. The van der Waals surface area contributed by atoms with Crippen molar-refractivity contribution in [2.75, 3.05) is 26.2 Å². The van der Waals surface area contributed by atoms with Crippen molar-refractivity contribution in [3.63, 3.8) is 0 Å². The van der Waals surface area contributed by atoms with Crippen LogP contribution in [0.4, 0.5) is 0 Å². The van der Waals surface area contributed by atoms with Gasteiger partial charge in [-0.3, -0.25) is 4.90 Å². The Labute approximate surface area is 152 Å². The fourth-order valence-electron chi connectivity index (χ4n) is 3.31. The predicted octanol–water partition coefficient (Wildman–Crippen LogP) is 4.54. The van der Waals surface area contributed by atoms with E-state index in [-0.39, 0.29) is 0 Å². The highest BCUT2D eigenvalue weighted by Gasteiger charge is 2.25. The molecule has 128 valence electrons. The van der Waals surface area contributed by atoms with Crippen LogP contribution >= 0.6 is 11.3 Å². The minimum atomic E-state index is 0.293. The standard InChI is InChI=1S/C21H22N2OS/c1-2-7-18(8-3-1)24-19-9-4-6-17(16-19)21(20-10-5-15-25-20)23-13-11-22-12-14-23/h1-10,15-16,21-22H,11-14H2/t21-/m1/s1. The summed E-state index contributed by atoms with van der Waals surface area (Å²) in [5.41, 5.74) is 1.29. The molecule has 1 aromatic heterocycles. The Bertz CT molecular complexity index is 783. The second kappa shape index (κ2) is 7.83. The number of thiophene rings is 1. The summed E-state index contributed by atoms with van der Waals surface area (Å²) in [6.45, 7) is 4.21. The lowest BCUT2D eigenvalue weighted by molar-refractivity contribution is 0.200. The molecule has 2 heterocycles. The van der Waals surface area contributed by atoms with Gasteiger partial charge in [0, 0.05) is 31.1 Å². The van der Waals surface area contributed by atoms with Crippen LogP contribution in [0.3, 0.4) is 0 Å². The maximum atomic E-state index is 6.05. The van der Waals surface area contributed by atoms with Crippen LogP contribution in [0.1, 0.15) is 16.5 Å². The van der Waals surface area contributed by atoms with Crippen molar-refractivity contribution in [1.82, 2.24) is 10.2 Å². The van der Waals surface area contributed by atoms with E-state index < -0.39 is 0 Å². The van der Waals surface area contributed by atoms with E-state index in [1.54, 1.807) is 0 Å². The fourth-order valence-corrected chi connectivity index (χ4v) is 4.20. The summed E-state index contributed by atoms with van der Waals surface area (Å²) in [7, 11) is 0. The average Bonchev–Trinajstić information content (AvgIpc) is 3.18. The minimum absolute atomic E-state index is 0.293. The van der Waals surface area contributed by atoms with Crippen LogP contribution in [-0.4, -0.2) is 31.1 Å². The Morgan fingerprint density at radius 3 is 2.44 bits per heavy atom. The molecule has 4 rings (SSSR count). The first-order valence-corrected chi connectivity index (χ1v) is 9.59. The topological polar surface area (TPSA) is 24.5 Å². The summed E-state index contributed by atoms with van der Waals surface area (Å²) in [6, 6.07) is 23.1. The lowest BCUT2D eigenvalue weighted by Gasteiger charge is -2.34. The summed E-state index contributed by atoms with van der Waals surface area (Å²) in [4.78, 5) is 3.95. The Hall–Kier alpha value is -2.14. The monoisotopic (exact) mass is 350 g/mol. The summed E-state index contributed by atoms with van der Waals surface area (Å²) in [6.07, 6.45) is 0. The van der Waals surface area contributed by atoms with Gasteiger partial charge in [-0.2, -0.15) is 0 Å². The predicted molar refractivity (Wildman–Crippen MR) is 104 cm³/mol. The van der Waals surface area contributed by atoms with E-state index >= 15 is 0 Å². The number of hydrogen-bond donors (Lipinski definition) is 1. The molecule has 4 heteroatoms. The molecule has 1 aliphatic rings. The molecule has 1 aliphatic heterocycles. The fraction of sp³-hybridized carbons (Fsp3) is 0.238. The van der Waals surface area contributed by atoms with Crippen LogP contribution in [0.25, 0.3) is 0 Å². The Morgan fingerprint density at radius 2 is 1.68 bits per heavy atom. The van der Waals surface area contributed by atoms with Gasteiger partial charge in [0.2, 0.25) is 0 Å². The molecule has 1 atom stereocenters. The largest absolute Gasteiger partial charge is 0.457 e. The highest BCUT2D eigenvalue weighted by Crippen LogP contribution is 2.34. The van der Waals surface area contributed by atoms with Crippen molar-refractivity contribution in [2.45, 2.75) is 6.04 Å². The normalized spacial score (nSPS) is 16.5. The molecule has 1 fully saturated rings. The first-order chi connectivity index (χ1) is 12.4. The van der Waals surface area contributed by atoms with Crippen LogP contribution in [0.5, 0.6) is 11.5 Å².